The fourth-order valence-corrected chi connectivity index (χ4v) is 0.851. The van der Waals surface area contributed by atoms with Gasteiger partial charge in [-0.1, -0.05) is 24.8 Å². The van der Waals surface area contributed by atoms with Gasteiger partial charge < -0.3 is 19.7 Å². The van der Waals surface area contributed by atoms with Crippen molar-refractivity contribution in [3.05, 3.63) is 36.5 Å². The summed E-state index contributed by atoms with van der Waals surface area (Å²) < 4.78 is 9.69. The molecule has 0 aliphatic carbocycles. The average molecular weight is 242 g/mol. The van der Waals surface area contributed by atoms with E-state index >= 15 is 0 Å². The zero-order valence-corrected chi connectivity index (χ0v) is 9.67. The summed E-state index contributed by atoms with van der Waals surface area (Å²) >= 11 is 0. The van der Waals surface area contributed by atoms with E-state index in [0.717, 1.165) is 0 Å². The topological polar surface area (TPSA) is 76.0 Å². The van der Waals surface area contributed by atoms with Crippen LogP contribution in [0.2, 0.25) is 0 Å². The molecule has 17 heavy (non-hydrogen) atoms. The Balaban J connectivity index is 3.74. The standard InChI is InChI=1S/C12H18O5/c1-2-11(10-14)4-3-5-12(15)17-9-8-16-7-6-13/h2-5,13-14H,1,6-10H2/b5-3+,11-4+. The Labute approximate surface area is 101 Å². The van der Waals surface area contributed by atoms with Crippen molar-refractivity contribution in [1.29, 1.82) is 0 Å². The molecule has 0 atom stereocenters. The van der Waals surface area contributed by atoms with Crippen molar-refractivity contribution in [1.82, 2.24) is 0 Å². The molecular weight excluding hydrogens is 224 g/mol. The van der Waals surface area contributed by atoms with Crippen LogP contribution in [0.1, 0.15) is 0 Å². The molecule has 0 unspecified atom stereocenters. The number of carbonyl (C=O) groups is 1. The van der Waals surface area contributed by atoms with Gasteiger partial charge in [0.1, 0.15) is 6.61 Å². The third kappa shape index (κ3) is 9.50. The second kappa shape index (κ2) is 11.1. The first-order valence-corrected chi connectivity index (χ1v) is 5.20. The van der Waals surface area contributed by atoms with Crippen LogP contribution >= 0.6 is 0 Å². The van der Waals surface area contributed by atoms with Crippen LogP contribution < -0.4 is 0 Å². The molecule has 0 aliphatic heterocycles. The van der Waals surface area contributed by atoms with Crippen molar-refractivity contribution in [2.24, 2.45) is 0 Å². The van der Waals surface area contributed by atoms with Gasteiger partial charge in [-0.2, -0.15) is 0 Å². The molecule has 0 aromatic rings. The summed E-state index contributed by atoms with van der Waals surface area (Å²) in [7, 11) is 0. The van der Waals surface area contributed by atoms with E-state index in [1.807, 2.05) is 0 Å². The van der Waals surface area contributed by atoms with Crippen LogP contribution in [0.4, 0.5) is 0 Å². The predicted molar refractivity (Wildman–Crippen MR) is 63.4 cm³/mol. The molecule has 0 heterocycles. The van der Waals surface area contributed by atoms with E-state index in [1.54, 1.807) is 6.08 Å². The van der Waals surface area contributed by atoms with Gasteiger partial charge in [-0.25, -0.2) is 4.79 Å². The van der Waals surface area contributed by atoms with Crippen LogP contribution in [0, 0.1) is 0 Å². The molecule has 0 aromatic heterocycles. The molecule has 0 amide bonds. The van der Waals surface area contributed by atoms with Gasteiger partial charge in [-0.05, 0) is 5.57 Å². The molecule has 0 bridgehead atoms. The minimum atomic E-state index is -0.491. The molecule has 0 saturated carbocycles. The molecular formula is C12H18O5. The van der Waals surface area contributed by atoms with E-state index in [0.29, 0.717) is 5.57 Å². The highest BCUT2D eigenvalue weighted by Gasteiger charge is 1.95. The minimum Gasteiger partial charge on any atom is -0.460 e. The molecule has 5 heteroatoms. The zero-order chi connectivity index (χ0) is 12.9. The average Bonchev–Trinajstić information content (AvgIpc) is 2.34. The van der Waals surface area contributed by atoms with Crippen molar-refractivity contribution < 1.29 is 24.5 Å². The zero-order valence-electron chi connectivity index (χ0n) is 9.67. The molecule has 5 nitrogen and oxygen atoms in total. The Kier molecular flexibility index (Phi) is 10.1. The highest BCUT2D eigenvalue weighted by Crippen LogP contribution is 1.94. The van der Waals surface area contributed by atoms with E-state index in [1.165, 1.54) is 18.2 Å². The van der Waals surface area contributed by atoms with Crippen LogP contribution in [0.3, 0.4) is 0 Å². The number of rotatable bonds is 9. The third-order valence-electron chi connectivity index (χ3n) is 1.69. The monoisotopic (exact) mass is 242 g/mol. The molecule has 0 fully saturated rings. The molecule has 0 saturated heterocycles. The van der Waals surface area contributed by atoms with E-state index in [-0.39, 0.29) is 33.0 Å². The van der Waals surface area contributed by atoms with Gasteiger partial charge in [0.2, 0.25) is 0 Å². The summed E-state index contributed by atoms with van der Waals surface area (Å²) in [6.45, 7) is 3.94. The van der Waals surface area contributed by atoms with E-state index < -0.39 is 5.97 Å². The predicted octanol–water partition coefficient (Wildman–Crippen LogP) is 0.199. The smallest absolute Gasteiger partial charge is 0.330 e. The van der Waals surface area contributed by atoms with Gasteiger partial charge in [0.25, 0.3) is 0 Å². The van der Waals surface area contributed by atoms with E-state index in [9.17, 15) is 4.79 Å². The van der Waals surface area contributed by atoms with Crippen molar-refractivity contribution in [3.8, 4) is 0 Å². The summed E-state index contributed by atoms with van der Waals surface area (Å²) in [6.07, 6.45) is 5.78. The highest BCUT2D eigenvalue weighted by atomic mass is 16.6. The highest BCUT2D eigenvalue weighted by molar-refractivity contribution is 5.82. The lowest BCUT2D eigenvalue weighted by molar-refractivity contribution is -0.139. The number of hydrogen-bond acceptors (Lipinski definition) is 5. The SMILES string of the molecule is C=C/C(=C\C=C\C(=O)OCCOCCO)CO. The number of hydrogen-bond donors (Lipinski definition) is 2. The fraction of sp³-hybridized carbons (Fsp3) is 0.417. The summed E-state index contributed by atoms with van der Waals surface area (Å²) in [6, 6.07) is 0. The summed E-state index contributed by atoms with van der Waals surface area (Å²) in [5.41, 5.74) is 0.611. The maximum absolute atomic E-state index is 11.1. The summed E-state index contributed by atoms with van der Waals surface area (Å²) in [5, 5.41) is 17.2. The number of aliphatic hydroxyl groups is 2. The minimum absolute atomic E-state index is 0.0515. The fourth-order valence-electron chi connectivity index (χ4n) is 0.851. The van der Waals surface area contributed by atoms with Crippen molar-refractivity contribution in [2.75, 3.05) is 33.0 Å². The molecule has 0 aromatic carbocycles. The molecule has 0 spiro atoms. The summed E-state index contributed by atoms with van der Waals surface area (Å²) in [5.74, 6) is -0.491. The normalized spacial score (nSPS) is 11.8. The van der Waals surface area contributed by atoms with Crippen LogP contribution in [0.25, 0.3) is 0 Å². The van der Waals surface area contributed by atoms with E-state index in [2.05, 4.69) is 6.58 Å². The first-order valence-electron chi connectivity index (χ1n) is 5.20. The Morgan fingerprint density at radius 2 is 2.00 bits per heavy atom. The van der Waals surface area contributed by atoms with Gasteiger partial charge in [-0.3, -0.25) is 0 Å². The Morgan fingerprint density at radius 1 is 1.24 bits per heavy atom. The maximum Gasteiger partial charge on any atom is 0.330 e. The molecule has 0 radical (unpaired) electrons. The van der Waals surface area contributed by atoms with Crippen molar-refractivity contribution >= 4 is 5.97 Å². The molecule has 2 N–H and O–H groups in total. The van der Waals surface area contributed by atoms with Crippen LogP contribution in [0.15, 0.2) is 36.5 Å². The summed E-state index contributed by atoms with van der Waals surface area (Å²) in [4.78, 5) is 11.1. The van der Waals surface area contributed by atoms with Gasteiger partial charge in [0, 0.05) is 6.08 Å². The Hall–Kier alpha value is -1.43. The van der Waals surface area contributed by atoms with Crippen LogP contribution in [-0.4, -0.2) is 49.2 Å². The lowest BCUT2D eigenvalue weighted by Gasteiger charge is -2.02. The second-order valence-electron chi connectivity index (χ2n) is 2.97. The molecule has 96 valence electrons. The van der Waals surface area contributed by atoms with Crippen LogP contribution in [0.5, 0.6) is 0 Å². The van der Waals surface area contributed by atoms with Crippen LogP contribution in [-0.2, 0) is 14.3 Å². The molecule has 0 rings (SSSR count). The quantitative estimate of drug-likeness (QED) is 0.261. The molecule has 0 aliphatic rings. The van der Waals surface area contributed by atoms with Gasteiger partial charge >= 0.3 is 5.97 Å². The number of allylic oxidation sites excluding steroid dienone is 2. The van der Waals surface area contributed by atoms with Gasteiger partial charge in [0.15, 0.2) is 0 Å². The van der Waals surface area contributed by atoms with E-state index in [4.69, 9.17) is 19.7 Å². The maximum atomic E-state index is 11.1. The Morgan fingerprint density at radius 3 is 2.59 bits per heavy atom. The largest absolute Gasteiger partial charge is 0.460 e. The van der Waals surface area contributed by atoms with Crippen molar-refractivity contribution in [2.45, 2.75) is 0 Å². The van der Waals surface area contributed by atoms with Gasteiger partial charge in [-0.15, -0.1) is 0 Å². The number of ether oxygens (including phenoxy) is 2. The third-order valence-corrected chi connectivity index (χ3v) is 1.69. The number of esters is 1. The van der Waals surface area contributed by atoms with Crippen molar-refractivity contribution in [3.63, 3.8) is 0 Å². The second-order valence-corrected chi connectivity index (χ2v) is 2.97. The van der Waals surface area contributed by atoms with Gasteiger partial charge in [0.05, 0.1) is 26.4 Å². The number of aliphatic hydroxyl groups excluding tert-OH is 2. The first kappa shape index (κ1) is 15.6. The lowest BCUT2D eigenvalue weighted by atomic mass is 10.2. The Bertz CT molecular complexity index is 281. The number of carbonyl (C=O) groups excluding carboxylic acids is 1. The lowest BCUT2D eigenvalue weighted by Crippen LogP contribution is -2.10. The first-order chi connectivity index (χ1) is 8.24.